The first-order valence-corrected chi connectivity index (χ1v) is 3.65. The Bertz CT molecular complexity index is 168. The molecule has 0 aromatic rings. The Balaban J connectivity index is 3.40. The molecule has 0 radical (unpaired) electrons. The van der Waals surface area contributed by atoms with E-state index in [1.165, 1.54) is 0 Å². The van der Waals surface area contributed by atoms with Gasteiger partial charge in [-0.05, 0) is 14.1 Å². The van der Waals surface area contributed by atoms with Crippen LogP contribution in [0, 0.1) is 0 Å². The molecule has 1 amide bonds. The number of rotatable bonds is 5. The molecular formula is C7H14N2O3. The van der Waals surface area contributed by atoms with Crippen LogP contribution < -0.4 is 5.32 Å². The predicted molar refractivity (Wildman–Crippen MR) is 43.8 cm³/mol. The third-order valence-corrected chi connectivity index (χ3v) is 1.22. The molecule has 0 aromatic heterocycles. The van der Waals surface area contributed by atoms with E-state index in [-0.39, 0.29) is 12.5 Å². The predicted octanol–water partition coefficient (Wildman–Crippen LogP) is -0.861. The zero-order valence-electron chi connectivity index (χ0n) is 7.33. The Labute approximate surface area is 71.4 Å². The van der Waals surface area contributed by atoms with Gasteiger partial charge in [0.15, 0.2) is 0 Å². The molecule has 0 fully saturated rings. The van der Waals surface area contributed by atoms with Crippen LogP contribution in [-0.4, -0.2) is 49.1 Å². The van der Waals surface area contributed by atoms with Crippen molar-refractivity contribution in [2.75, 3.05) is 27.2 Å². The molecule has 12 heavy (non-hydrogen) atoms. The molecule has 0 aromatic carbocycles. The summed E-state index contributed by atoms with van der Waals surface area (Å²) in [6.45, 7) is 0.331. The lowest BCUT2D eigenvalue weighted by Crippen LogP contribution is -2.31. The molecule has 0 aliphatic carbocycles. The first-order valence-electron chi connectivity index (χ1n) is 3.65. The molecule has 0 unspecified atom stereocenters. The highest BCUT2D eigenvalue weighted by atomic mass is 16.4. The smallest absolute Gasteiger partial charge is 0.322 e. The first-order chi connectivity index (χ1) is 5.52. The normalized spacial score (nSPS) is 9.92. The van der Waals surface area contributed by atoms with Crippen LogP contribution in [0.4, 0.5) is 0 Å². The molecule has 0 spiro atoms. The largest absolute Gasteiger partial charge is 0.480 e. The lowest BCUT2D eigenvalue weighted by molar-refractivity contribution is -0.137. The average molecular weight is 174 g/mol. The van der Waals surface area contributed by atoms with Gasteiger partial charge < -0.3 is 15.3 Å². The van der Waals surface area contributed by atoms with Crippen molar-refractivity contribution >= 4 is 11.9 Å². The lowest BCUT2D eigenvalue weighted by Gasteiger charge is -2.08. The summed E-state index contributed by atoms with van der Waals surface area (Å²) in [6, 6.07) is 0. The summed E-state index contributed by atoms with van der Waals surface area (Å²) >= 11 is 0. The Morgan fingerprint density at radius 1 is 1.42 bits per heavy atom. The number of aliphatic carboxylic acids is 1. The van der Waals surface area contributed by atoms with Crippen LogP contribution in [0.3, 0.4) is 0 Å². The number of nitrogens with one attached hydrogen (secondary N) is 1. The molecule has 0 aliphatic rings. The van der Waals surface area contributed by atoms with Gasteiger partial charge in [-0.3, -0.25) is 9.59 Å². The lowest BCUT2D eigenvalue weighted by atomic mass is 10.4. The average Bonchev–Trinajstić information content (AvgIpc) is 1.96. The van der Waals surface area contributed by atoms with Crippen molar-refractivity contribution in [3.8, 4) is 0 Å². The zero-order valence-corrected chi connectivity index (χ0v) is 7.33. The van der Waals surface area contributed by atoms with Gasteiger partial charge in [0.25, 0.3) is 0 Å². The van der Waals surface area contributed by atoms with Gasteiger partial charge in [-0.1, -0.05) is 0 Å². The summed E-state index contributed by atoms with van der Waals surface area (Å²) in [5, 5.41) is 10.5. The zero-order chi connectivity index (χ0) is 9.56. The minimum absolute atomic E-state index is 0.230. The maximum atomic E-state index is 10.9. The van der Waals surface area contributed by atoms with Crippen molar-refractivity contribution in [3.63, 3.8) is 0 Å². The van der Waals surface area contributed by atoms with Crippen molar-refractivity contribution < 1.29 is 14.7 Å². The highest BCUT2D eigenvalue weighted by molar-refractivity contribution is 5.81. The second-order valence-corrected chi connectivity index (χ2v) is 2.72. The Hall–Kier alpha value is -1.10. The Morgan fingerprint density at radius 3 is 2.42 bits per heavy atom. The molecular weight excluding hydrogens is 160 g/mol. The van der Waals surface area contributed by atoms with Crippen molar-refractivity contribution in [2.45, 2.75) is 6.42 Å². The maximum absolute atomic E-state index is 10.9. The summed E-state index contributed by atoms with van der Waals surface area (Å²) < 4.78 is 0. The SMILES string of the molecule is CN(C)CCC(=O)NCC(=O)O. The number of carboxylic acids is 1. The fourth-order valence-corrected chi connectivity index (χ4v) is 0.588. The minimum atomic E-state index is -1.02. The molecule has 0 atom stereocenters. The molecule has 0 saturated carbocycles. The maximum Gasteiger partial charge on any atom is 0.322 e. The van der Waals surface area contributed by atoms with Gasteiger partial charge in [0.2, 0.25) is 5.91 Å². The van der Waals surface area contributed by atoms with Crippen LogP contribution >= 0.6 is 0 Å². The van der Waals surface area contributed by atoms with Crippen molar-refractivity contribution in [1.29, 1.82) is 0 Å². The number of carbonyl (C=O) groups is 2. The Morgan fingerprint density at radius 2 is 2.00 bits per heavy atom. The molecule has 0 bridgehead atoms. The molecule has 0 heterocycles. The van der Waals surface area contributed by atoms with Crippen molar-refractivity contribution in [2.24, 2.45) is 0 Å². The van der Waals surface area contributed by atoms with E-state index in [1.807, 2.05) is 19.0 Å². The summed E-state index contributed by atoms with van der Waals surface area (Å²) in [7, 11) is 3.70. The summed E-state index contributed by atoms with van der Waals surface area (Å²) in [5.41, 5.74) is 0. The van der Waals surface area contributed by atoms with Gasteiger partial charge in [0, 0.05) is 13.0 Å². The molecule has 5 nitrogen and oxygen atoms in total. The van der Waals surface area contributed by atoms with Crippen LogP contribution in [0.5, 0.6) is 0 Å². The van der Waals surface area contributed by atoms with E-state index >= 15 is 0 Å². The van der Waals surface area contributed by atoms with Gasteiger partial charge in [-0.25, -0.2) is 0 Å². The van der Waals surface area contributed by atoms with E-state index in [9.17, 15) is 9.59 Å². The van der Waals surface area contributed by atoms with Gasteiger partial charge in [-0.2, -0.15) is 0 Å². The van der Waals surface area contributed by atoms with Gasteiger partial charge in [-0.15, -0.1) is 0 Å². The summed E-state index contributed by atoms with van der Waals surface area (Å²) in [6.07, 6.45) is 0.334. The van der Waals surface area contributed by atoms with Crippen LogP contribution in [0.15, 0.2) is 0 Å². The monoisotopic (exact) mass is 174 g/mol. The van der Waals surface area contributed by atoms with Gasteiger partial charge in [0.05, 0.1) is 0 Å². The topological polar surface area (TPSA) is 69.6 Å². The second kappa shape index (κ2) is 5.54. The van der Waals surface area contributed by atoms with Crippen molar-refractivity contribution in [1.82, 2.24) is 10.2 Å². The van der Waals surface area contributed by atoms with E-state index in [4.69, 9.17) is 5.11 Å². The molecule has 0 aliphatic heterocycles. The number of carbonyl (C=O) groups excluding carboxylic acids is 1. The van der Waals surface area contributed by atoms with Crippen molar-refractivity contribution in [3.05, 3.63) is 0 Å². The summed E-state index contributed by atoms with van der Waals surface area (Å²) in [4.78, 5) is 22.7. The number of hydrogen-bond acceptors (Lipinski definition) is 3. The first kappa shape index (κ1) is 10.9. The van der Waals surface area contributed by atoms with E-state index in [0.717, 1.165) is 0 Å². The fourth-order valence-electron chi connectivity index (χ4n) is 0.588. The minimum Gasteiger partial charge on any atom is -0.480 e. The fraction of sp³-hybridized carbons (Fsp3) is 0.714. The van der Waals surface area contributed by atoms with E-state index in [1.54, 1.807) is 0 Å². The standard InChI is InChI=1S/C7H14N2O3/c1-9(2)4-3-6(10)8-5-7(11)12/h3-5H2,1-2H3,(H,8,10)(H,11,12). The third kappa shape index (κ3) is 7.01. The molecule has 0 saturated heterocycles. The van der Waals surface area contributed by atoms with E-state index in [2.05, 4.69) is 5.32 Å². The number of hydrogen-bond donors (Lipinski definition) is 2. The quantitative estimate of drug-likeness (QED) is 0.569. The number of nitrogens with zero attached hydrogens (tertiary/aromatic N) is 1. The van der Waals surface area contributed by atoms with Gasteiger partial charge in [0.1, 0.15) is 6.54 Å². The molecule has 2 N–H and O–H groups in total. The van der Waals surface area contributed by atoms with Crippen LogP contribution in [-0.2, 0) is 9.59 Å². The number of carboxylic acid groups (broad SMARTS) is 1. The van der Waals surface area contributed by atoms with E-state index < -0.39 is 5.97 Å². The third-order valence-electron chi connectivity index (χ3n) is 1.22. The Kier molecular flexibility index (Phi) is 5.03. The molecule has 5 heteroatoms. The number of amides is 1. The highest BCUT2D eigenvalue weighted by Crippen LogP contribution is 1.82. The second-order valence-electron chi connectivity index (χ2n) is 2.72. The van der Waals surface area contributed by atoms with Crippen LogP contribution in [0.2, 0.25) is 0 Å². The van der Waals surface area contributed by atoms with Crippen LogP contribution in [0.1, 0.15) is 6.42 Å². The highest BCUT2D eigenvalue weighted by Gasteiger charge is 2.03. The van der Waals surface area contributed by atoms with Crippen LogP contribution in [0.25, 0.3) is 0 Å². The molecule has 0 rings (SSSR count). The van der Waals surface area contributed by atoms with Gasteiger partial charge >= 0.3 is 5.97 Å². The summed E-state index contributed by atoms with van der Waals surface area (Å²) in [5.74, 6) is -1.25. The van der Waals surface area contributed by atoms with E-state index in [0.29, 0.717) is 13.0 Å². The molecule has 70 valence electrons.